The number of anilines is 1. The van der Waals surface area contributed by atoms with Crippen LogP contribution in [0.25, 0.3) is 0 Å². The van der Waals surface area contributed by atoms with Gasteiger partial charge in [-0.25, -0.2) is 4.79 Å². The van der Waals surface area contributed by atoms with Crippen LogP contribution >= 0.6 is 0 Å². The molecule has 0 aromatic heterocycles. The summed E-state index contributed by atoms with van der Waals surface area (Å²) in [6, 6.07) is 4.39. The first-order valence-electron chi connectivity index (χ1n) is 14.3. The van der Waals surface area contributed by atoms with Crippen LogP contribution in [0, 0.1) is 5.92 Å². The highest BCUT2D eigenvalue weighted by atomic mass is 16.6. The molecular weight excluding hydrogens is 514 g/mol. The Hall–Kier alpha value is -3.47. The monoisotopic (exact) mass is 553 g/mol. The third-order valence-electron chi connectivity index (χ3n) is 8.14. The van der Waals surface area contributed by atoms with Gasteiger partial charge in [0.15, 0.2) is 0 Å². The molecule has 1 aromatic carbocycles. The first kappa shape index (κ1) is 28.1. The molecule has 2 N–H and O–H groups in total. The first-order chi connectivity index (χ1) is 19.0. The standard InChI is InChI=1S/C29H39N5O6/c1-29(2,3)40-28(39)30-19-6-5-13-32(17-19)16-18-11-14-33(15-12-18)21-8-4-7-20-24(21)27(38)34(26(20)37)22-9-10-23(35)31-25(22)36/h4,7-8,18-19,22H,5-6,9-17H2,1-3H3,(H,30,39)(H,31,35,36). The highest BCUT2D eigenvalue weighted by Crippen LogP contribution is 2.36. The van der Waals surface area contributed by atoms with Crippen molar-refractivity contribution in [2.24, 2.45) is 5.92 Å². The number of fused-ring (bicyclic) bond motifs is 1. The van der Waals surface area contributed by atoms with Gasteiger partial charge in [-0.1, -0.05) is 6.07 Å². The maximum Gasteiger partial charge on any atom is 0.407 e. The molecule has 5 rings (SSSR count). The largest absolute Gasteiger partial charge is 0.444 e. The summed E-state index contributed by atoms with van der Waals surface area (Å²) in [7, 11) is 0. The van der Waals surface area contributed by atoms with Crippen LogP contribution < -0.4 is 15.5 Å². The maximum atomic E-state index is 13.5. The van der Waals surface area contributed by atoms with E-state index >= 15 is 0 Å². The smallest absolute Gasteiger partial charge is 0.407 e. The number of hydrogen-bond acceptors (Lipinski definition) is 8. The number of benzene rings is 1. The summed E-state index contributed by atoms with van der Waals surface area (Å²) < 4.78 is 5.42. The Bertz CT molecular complexity index is 1200. The van der Waals surface area contributed by atoms with Gasteiger partial charge in [0.25, 0.3) is 11.8 Å². The van der Waals surface area contributed by atoms with Crippen LogP contribution in [0.15, 0.2) is 18.2 Å². The second-order valence-electron chi connectivity index (χ2n) is 12.3. The maximum absolute atomic E-state index is 13.5. The number of rotatable bonds is 5. The van der Waals surface area contributed by atoms with Crippen LogP contribution in [-0.2, 0) is 14.3 Å². The molecule has 11 heteroatoms. The Labute approximate surface area is 234 Å². The number of imide groups is 2. The Kier molecular flexibility index (Phi) is 7.85. The van der Waals surface area contributed by atoms with Crippen LogP contribution in [0.2, 0.25) is 0 Å². The average Bonchev–Trinajstić information content (AvgIpc) is 3.13. The molecule has 216 valence electrons. The van der Waals surface area contributed by atoms with Crippen LogP contribution in [-0.4, -0.2) is 89.9 Å². The summed E-state index contributed by atoms with van der Waals surface area (Å²) >= 11 is 0. The van der Waals surface area contributed by atoms with Crippen molar-refractivity contribution in [3.05, 3.63) is 29.3 Å². The van der Waals surface area contributed by atoms with Crippen molar-refractivity contribution < 1.29 is 28.7 Å². The van der Waals surface area contributed by atoms with Gasteiger partial charge in [-0.05, 0) is 77.5 Å². The lowest BCUT2D eigenvalue weighted by molar-refractivity contribution is -0.136. The van der Waals surface area contributed by atoms with Crippen molar-refractivity contribution in [3.8, 4) is 0 Å². The van der Waals surface area contributed by atoms with Crippen LogP contribution in [0.3, 0.4) is 0 Å². The van der Waals surface area contributed by atoms with Gasteiger partial charge in [0, 0.05) is 38.6 Å². The summed E-state index contributed by atoms with van der Waals surface area (Å²) in [4.78, 5) is 68.5. The quantitative estimate of drug-likeness (QED) is 0.532. The van der Waals surface area contributed by atoms with Crippen molar-refractivity contribution in [2.45, 2.75) is 77.0 Å². The van der Waals surface area contributed by atoms with Crippen molar-refractivity contribution >= 4 is 35.4 Å². The summed E-state index contributed by atoms with van der Waals surface area (Å²) in [6.07, 6.45) is 3.73. The highest BCUT2D eigenvalue weighted by molar-refractivity contribution is 6.25. The van der Waals surface area contributed by atoms with E-state index in [-0.39, 0.29) is 30.9 Å². The van der Waals surface area contributed by atoms with Crippen molar-refractivity contribution in [3.63, 3.8) is 0 Å². The van der Waals surface area contributed by atoms with Crippen molar-refractivity contribution in [1.29, 1.82) is 0 Å². The highest BCUT2D eigenvalue weighted by Gasteiger charge is 2.46. The molecule has 4 aliphatic heterocycles. The minimum Gasteiger partial charge on any atom is -0.444 e. The molecule has 0 spiro atoms. The van der Waals surface area contributed by atoms with Gasteiger partial charge in [0.05, 0.1) is 16.8 Å². The van der Waals surface area contributed by atoms with Crippen molar-refractivity contribution in [1.82, 2.24) is 20.4 Å². The van der Waals surface area contributed by atoms with Gasteiger partial charge in [-0.3, -0.25) is 29.4 Å². The Morgan fingerprint density at radius 1 is 1.02 bits per heavy atom. The molecule has 4 heterocycles. The van der Waals surface area contributed by atoms with Gasteiger partial charge >= 0.3 is 6.09 Å². The molecule has 0 saturated carbocycles. The third kappa shape index (κ3) is 5.99. The van der Waals surface area contributed by atoms with E-state index in [9.17, 15) is 24.0 Å². The van der Waals surface area contributed by atoms with Gasteiger partial charge < -0.3 is 19.9 Å². The normalized spacial score (nSPS) is 24.7. The topological polar surface area (TPSA) is 128 Å². The molecular formula is C29H39N5O6. The number of carbonyl (C=O) groups is 5. The Morgan fingerprint density at radius 3 is 2.48 bits per heavy atom. The summed E-state index contributed by atoms with van der Waals surface area (Å²) in [5.41, 5.74) is 0.865. The van der Waals surface area contributed by atoms with E-state index in [0.29, 0.717) is 17.0 Å². The molecule has 0 aliphatic carbocycles. The number of likely N-dealkylation sites (tertiary alicyclic amines) is 1. The Balaban J connectivity index is 1.18. The van der Waals surface area contributed by atoms with E-state index in [4.69, 9.17) is 4.74 Å². The van der Waals surface area contributed by atoms with Crippen LogP contribution in [0.5, 0.6) is 0 Å². The Morgan fingerprint density at radius 2 is 1.77 bits per heavy atom. The molecule has 2 atom stereocenters. The molecule has 0 bridgehead atoms. The predicted molar refractivity (Wildman–Crippen MR) is 147 cm³/mol. The van der Waals surface area contributed by atoms with Crippen LogP contribution in [0.4, 0.5) is 10.5 Å². The van der Waals surface area contributed by atoms with E-state index in [1.165, 1.54) is 0 Å². The fourth-order valence-corrected chi connectivity index (χ4v) is 6.30. The molecule has 0 radical (unpaired) electrons. The number of nitrogens with zero attached hydrogens (tertiary/aromatic N) is 3. The molecule has 3 saturated heterocycles. The zero-order chi connectivity index (χ0) is 28.6. The molecule has 4 aliphatic rings. The molecule has 1 aromatic rings. The minimum atomic E-state index is -0.970. The van der Waals surface area contributed by atoms with E-state index in [0.717, 1.165) is 69.0 Å². The lowest BCUT2D eigenvalue weighted by atomic mass is 9.93. The van der Waals surface area contributed by atoms with Crippen LogP contribution in [0.1, 0.15) is 80.0 Å². The van der Waals surface area contributed by atoms with E-state index < -0.39 is 29.4 Å². The van der Waals surface area contributed by atoms with E-state index in [1.807, 2.05) is 26.8 Å². The zero-order valence-corrected chi connectivity index (χ0v) is 23.5. The fourth-order valence-electron chi connectivity index (χ4n) is 6.30. The number of piperidine rings is 3. The number of alkyl carbamates (subject to hydrolysis) is 1. The average molecular weight is 554 g/mol. The second kappa shape index (κ2) is 11.2. The lowest BCUT2D eigenvalue weighted by Gasteiger charge is -2.39. The SMILES string of the molecule is CC(C)(C)OC(=O)NC1CCCN(CC2CCN(c3cccc4c3C(=O)N(C3CCC(=O)NC3=O)C4=O)CC2)C1. The van der Waals surface area contributed by atoms with E-state index in [1.54, 1.807) is 12.1 Å². The van der Waals surface area contributed by atoms with Gasteiger partial charge in [0.2, 0.25) is 11.8 Å². The lowest BCUT2D eigenvalue weighted by Crippen LogP contribution is -2.54. The summed E-state index contributed by atoms with van der Waals surface area (Å²) in [6.45, 7) is 9.86. The van der Waals surface area contributed by atoms with Gasteiger partial charge in [0.1, 0.15) is 11.6 Å². The third-order valence-corrected chi connectivity index (χ3v) is 8.14. The van der Waals surface area contributed by atoms with Crippen molar-refractivity contribution in [2.75, 3.05) is 37.6 Å². The molecule has 5 amide bonds. The number of nitrogens with one attached hydrogen (secondary N) is 2. The molecule has 3 fully saturated rings. The van der Waals surface area contributed by atoms with Gasteiger partial charge in [-0.15, -0.1) is 0 Å². The van der Waals surface area contributed by atoms with E-state index in [2.05, 4.69) is 20.4 Å². The number of amides is 5. The second-order valence-corrected chi connectivity index (χ2v) is 12.3. The summed E-state index contributed by atoms with van der Waals surface area (Å²) in [5.74, 6) is -1.45. The molecule has 11 nitrogen and oxygen atoms in total. The molecule has 2 unspecified atom stereocenters. The number of carbonyl (C=O) groups excluding carboxylic acids is 5. The van der Waals surface area contributed by atoms with Gasteiger partial charge in [-0.2, -0.15) is 0 Å². The fraction of sp³-hybridized carbons (Fsp3) is 0.621. The molecule has 40 heavy (non-hydrogen) atoms. The predicted octanol–water partition coefficient (Wildman–Crippen LogP) is 2.29. The number of ether oxygens (including phenoxy) is 1. The zero-order valence-electron chi connectivity index (χ0n) is 23.5. The minimum absolute atomic E-state index is 0.0754. The summed E-state index contributed by atoms with van der Waals surface area (Å²) in [5, 5.41) is 5.26. The first-order valence-corrected chi connectivity index (χ1v) is 14.3. The number of hydrogen-bond donors (Lipinski definition) is 2.